The van der Waals surface area contributed by atoms with Gasteiger partial charge < -0.3 is 5.11 Å². The Balaban J connectivity index is 1.91. The van der Waals surface area contributed by atoms with Crippen molar-refractivity contribution in [3.05, 3.63) is 12.2 Å². The second-order valence-electron chi connectivity index (χ2n) is 4.02. The van der Waals surface area contributed by atoms with Gasteiger partial charge in [-0.3, -0.25) is 4.79 Å². The van der Waals surface area contributed by atoms with E-state index >= 15 is 0 Å². The molecule has 0 aliphatic heterocycles. The molecule has 1 aliphatic rings. The fourth-order valence-electron chi connectivity index (χ4n) is 1.89. The Morgan fingerprint density at radius 2 is 1.93 bits per heavy atom. The predicted octanol–water partition coefficient (Wildman–Crippen LogP) is 2.46. The topological polar surface area (TPSA) is 37.3 Å². The molecular formula is C12H20O2. The molecule has 0 heterocycles. The molecule has 80 valence electrons. The highest BCUT2D eigenvalue weighted by molar-refractivity contribution is 5.93. The van der Waals surface area contributed by atoms with Crippen molar-refractivity contribution in [2.24, 2.45) is 5.92 Å². The minimum Gasteiger partial charge on any atom is -0.396 e. The van der Waals surface area contributed by atoms with Gasteiger partial charge in [-0.15, -0.1) is 0 Å². The van der Waals surface area contributed by atoms with E-state index in [1.54, 1.807) is 6.08 Å². The fraction of sp³-hybridized carbons (Fsp3) is 0.750. The zero-order valence-electron chi connectivity index (χ0n) is 8.74. The van der Waals surface area contributed by atoms with Crippen molar-refractivity contribution in [1.82, 2.24) is 0 Å². The van der Waals surface area contributed by atoms with E-state index in [-0.39, 0.29) is 5.92 Å². The van der Waals surface area contributed by atoms with Gasteiger partial charge in [-0.1, -0.05) is 31.8 Å². The van der Waals surface area contributed by atoms with Crippen LogP contribution >= 0.6 is 0 Å². The second kappa shape index (κ2) is 6.77. The van der Waals surface area contributed by atoms with E-state index in [0.29, 0.717) is 12.4 Å². The largest absolute Gasteiger partial charge is 0.396 e. The lowest BCUT2D eigenvalue weighted by molar-refractivity contribution is -0.117. The third-order valence-electron chi connectivity index (χ3n) is 2.82. The van der Waals surface area contributed by atoms with Gasteiger partial charge in [0.2, 0.25) is 0 Å². The summed E-state index contributed by atoms with van der Waals surface area (Å²) in [5, 5.41) is 8.58. The summed E-state index contributed by atoms with van der Waals surface area (Å²) in [7, 11) is 0. The molecule has 0 fully saturated rings. The Morgan fingerprint density at radius 1 is 1.21 bits per heavy atom. The van der Waals surface area contributed by atoms with E-state index < -0.39 is 0 Å². The van der Waals surface area contributed by atoms with Crippen molar-refractivity contribution in [3.8, 4) is 0 Å². The summed E-state index contributed by atoms with van der Waals surface area (Å²) in [5.41, 5.74) is 0. The summed E-state index contributed by atoms with van der Waals surface area (Å²) >= 11 is 0. The molecule has 1 N–H and O–H groups in total. The van der Waals surface area contributed by atoms with Crippen LogP contribution in [-0.4, -0.2) is 17.5 Å². The van der Waals surface area contributed by atoms with Gasteiger partial charge in [0.05, 0.1) is 0 Å². The van der Waals surface area contributed by atoms with Crippen molar-refractivity contribution in [2.45, 2.75) is 44.9 Å². The van der Waals surface area contributed by atoms with Crippen LogP contribution in [-0.2, 0) is 4.79 Å². The molecule has 0 aromatic heterocycles. The highest BCUT2D eigenvalue weighted by Crippen LogP contribution is 2.21. The lowest BCUT2D eigenvalue weighted by Crippen LogP contribution is -2.05. The molecule has 0 saturated carbocycles. The number of carbonyl (C=O) groups excluding carboxylic acids is 1. The Kier molecular flexibility index (Phi) is 5.53. The number of aliphatic hydroxyl groups excluding tert-OH is 1. The second-order valence-corrected chi connectivity index (χ2v) is 4.02. The minimum atomic E-state index is 0.285. The zero-order chi connectivity index (χ0) is 10.2. The summed E-state index contributed by atoms with van der Waals surface area (Å²) in [5.74, 6) is 0.605. The molecule has 14 heavy (non-hydrogen) atoms. The van der Waals surface area contributed by atoms with Crippen LogP contribution in [0.15, 0.2) is 12.2 Å². The van der Waals surface area contributed by atoms with Crippen molar-refractivity contribution in [2.75, 3.05) is 6.61 Å². The smallest absolute Gasteiger partial charge is 0.158 e. The summed E-state index contributed by atoms with van der Waals surface area (Å²) < 4.78 is 0. The van der Waals surface area contributed by atoms with Gasteiger partial charge >= 0.3 is 0 Å². The first-order chi connectivity index (χ1) is 6.84. The Bertz CT molecular complexity index is 196. The first-order valence-electron chi connectivity index (χ1n) is 5.66. The van der Waals surface area contributed by atoms with Crippen LogP contribution < -0.4 is 0 Å². The van der Waals surface area contributed by atoms with E-state index in [1.165, 1.54) is 12.8 Å². The van der Waals surface area contributed by atoms with Gasteiger partial charge in [0.1, 0.15) is 0 Å². The lowest BCUT2D eigenvalue weighted by atomic mass is 9.98. The van der Waals surface area contributed by atoms with Crippen LogP contribution in [0.1, 0.15) is 44.9 Å². The summed E-state index contributed by atoms with van der Waals surface area (Å²) in [6, 6.07) is 0. The van der Waals surface area contributed by atoms with Crippen LogP contribution in [0.4, 0.5) is 0 Å². The Hall–Kier alpha value is -0.630. The van der Waals surface area contributed by atoms with E-state index in [4.69, 9.17) is 5.11 Å². The van der Waals surface area contributed by atoms with E-state index in [2.05, 4.69) is 0 Å². The average Bonchev–Trinajstić information content (AvgIpc) is 2.58. The summed E-state index contributed by atoms with van der Waals surface area (Å²) in [4.78, 5) is 11.2. The maximum Gasteiger partial charge on any atom is 0.158 e. The van der Waals surface area contributed by atoms with Gasteiger partial charge in [-0.25, -0.2) is 0 Å². The van der Waals surface area contributed by atoms with Gasteiger partial charge in [-0.2, -0.15) is 0 Å². The van der Waals surface area contributed by atoms with Gasteiger partial charge in [0, 0.05) is 12.5 Å². The quantitative estimate of drug-likeness (QED) is 0.635. The molecule has 0 saturated heterocycles. The normalized spacial score (nSPS) is 20.6. The maximum absolute atomic E-state index is 11.2. The van der Waals surface area contributed by atoms with Gasteiger partial charge in [0.25, 0.3) is 0 Å². The lowest BCUT2D eigenvalue weighted by Gasteiger charge is -2.06. The first kappa shape index (κ1) is 11.4. The number of unbranched alkanes of at least 4 members (excludes halogenated alkanes) is 4. The maximum atomic E-state index is 11.2. The molecule has 2 heteroatoms. The highest BCUT2D eigenvalue weighted by atomic mass is 16.2. The molecule has 0 bridgehead atoms. The monoisotopic (exact) mass is 196 g/mol. The summed E-state index contributed by atoms with van der Waals surface area (Å²) in [6.45, 7) is 0.311. The molecule has 0 aromatic carbocycles. The average molecular weight is 196 g/mol. The molecule has 1 unspecified atom stereocenters. The van der Waals surface area contributed by atoms with E-state index in [9.17, 15) is 4.79 Å². The zero-order valence-corrected chi connectivity index (χ0v) is 8.74. The number of hydrogen-bond acceptors (Lipinski definition) is 2. The number of ketones is 1. The van der Waals surface area contributed by atoms with Crippen molar-refractivity contribution >= 4 is 5.78 Å². The Labute approximate surface area is 86.0 Å². The fourth-order valence-corrected chi connectivity index (χ4v) is 1.89. The minimum absolute atomic E-state index is 0.285. The Morgan fingerprint density at radius 3 is 2.57 bits per heavy atom. The van der Waals surface area contributed by atoms with Gasteiger partial charge in [0.15, 0.2) is 5.78 Å². The third kappa shape index (κ3) is 4.05. The van der Waals surface area contributed by atoms with Crippen molar-refractivity contribution in [3.63, 3.8) is 0 Å². The number of aliphatic hydroxyl groups is 1. The molecule has 0 amide bonds. The molecule has 1 aliphatic carbocycles. The SMILES string of the molecule is O=C1C=CCC1CCCCCCCO. The molecule has 1 rings (SSSR count). The van der Waals surface area contributed by atoms with E-state index in [0.717, 1.165) is 32.1 Å². The van der Waals surface area contributed by atoms with Crippen LogP contribution in [0.25, 0.3) is 0 Å². The van der Waals surface area contributed by atoms with Crippen LogP contribution in [0, 0.1) is 5.92 Å². The van der Waals surface area contributed by atoms with Crippen LogP contribution in [0.2, 0.25) is 0 Å². The standard InChI is InChI=1S/C12H20O2/c13-10-5-3-1-2-4-7-11-8-6-9-12(11)14/h6,9,11,13H,1-5,7-8,10H2. The summed E-state index contributed by atoms with van der Waals surface area (Å²) in [6.07, 6.45) is 11.3. The number of rotatable bonds is 7. The third-order valence-corrected chi connectivity index (χ3v) is 2.82. The van der Waals surface area contributed by atoms with Crippen molar-refractivity contribution < 1.29 is 9.90 Å². The van der Waals surface area contributed by atoms with Gasteiger partial charge in [-0.05, 0) is 25.3 Å². The molecule has 0 aromatic rings. The number of hydrogen-bond donors (Lipinski definition) is 1. The first-order valence-corrected chi connectivity index (χ1v) is 5.66. The molecule has 1 atom stereocenters. The van der Waals surface area contributed by atoms with E-state index in [1.807, 2.05) is 6.08 Å². The van der Waals surface area contributed by atoms with Crippen LogP contribution in [0.5, 0.6) is 0 Å². The molecule has 0 radical (unpaired) electrons. The highest BCUT2D eigenvalue weighted by Gasteiger charge is 2.18. The molecule has 2 nitrogen and oxygen atoms in total. The van der Waals surface area contributed by atoms with Crippen LogP contribution in [0.3, 0.4) is 0 Å². The predicted molar refractivity (Wildman–Crippen MR) is 57.0 cm³/mol. The molecule has 0 spiro atoms. The number of allylic oxidation sites excluding steroid dienone is 2. The molecular weight excluding hydrogens is 176 g/mol. The number of carbonyl (C=O) groups is 1. The van der Waals surface area contributed by atoms with Crippen molar-refractivity contribution in [1.29, 1.82) is 0 Å².